The van der Waals surface area contributed by atoms with Gasteiger partial charge in [-0.1, -0.05) is 20.3 Å². The maximum atomic E-state index is 2.71. The molecular formula is C10H19N. The van der Waals surface area contributed by atoms with E-state index in [1.165, 1.54) is 32.4 Å². The second kappa shape index (κ2) is 2.78. The van der Waals surface area contributed by atoms with Crippen LogP contribution in [0.25, 0.3) is 0 Å². The Kier molecular flexibility index (Phi) is 1.92. The van der Waals surface area contributed by atoms with E-state index in [9.17, 15) is 0 Å². The molecule has 2 heterocycles. The van der Waals surface area contributed by atoms with E-state index in [2.05, 4.69) is 18.7 Å². The fraction of sp³-hybridized carbons (Fsp3) is 1.00. The van der Waals surface area contributed by atoms with Crippen LogP contribution in [0.4, 0.5) is 0 Å². The van der Waals surface area contributed by atoms with Crippen molar-refractivity contribution in [3.05, 3.63) is 0 Å². The highest BCUT2D eigenvalue weighted by molar-refractivity contribution is 4.94. The van der Waals surface area contributed by atoms with Gasteiger partial charge in [0.25, 0.3) is 0 Å². The molecule has 64 valence electrons. The van der Waals surface area contributed by atoms with Gasteiger partial charge in [0.1, 0.15) is 0 Å². The van der Waals surface area contributed by atoms with Crippen molar-refractivity contribution in [3.8, 4) is 0 Å². The lowest BCUT2D eigenvalue weighted by molar-refractivity contribution is 0.253. The van der Waals surface area contributed by atoms with Gasteiger partial charge in [0.2, 0.25) is 0 Å². The van der Waals surface area contributed by atoms with E-state index in [0.717, 1.165) is 17.9 Å². The molecule has 0 aromatic rings. The third-order valence-corrected chi connectivity index (χ3v) is 3.67. The minimum atomic E-state index is 0.958. The molecule has 0 spiro atoms. The van der Waals surface area contributed by atoms with Gasteiger partial charge < -0.3 is 0 Å². The quantitative estimate of drug-likeness (QED) is 0.558. The van der Waals surface area contributed by atoms with Gasteiger partial charge in [-0.25, -0.2) is 0 Å². The first-order chi connectivity index (χ1) is 5.33. The van der Waals surface area contributed by atoms with Crippen LogP contribution >= 0.6 is 0 Å². The zero-order chi connectivity index (χ0) is 7.84. The standard InChI is InChI=1S/C10H19N/c1-3-9-5-7-11-6-4-8(2)10(9)11/h8-10H,3-7H2,1-2H3. The molecule has 2 aliphatic heterocycles. The van der Waals surface area contributed by atoms with E-state index < -0.39 is 0 Å². The SMILES string of the molecule is CCC1CCN2CCC(C)C12. The minimum Gasteiger partial charge on any atom is -0.300 e. The van der Waals surface area contributed by atoms with Crippen LogP contribution in [-0.2, 0) is 0 Å². The number of hydrogen-bond acceptors (Lipinski definition) is 1. The van der Waals surface area contributed by atoms with Crippen LogP contribution in [0.15, 0.2) is 0 Å². The Morgan fingerprint density at radius 3 is 2.73 bits per heavy atom. The molecule has 0 N–H and O–H groups in total. The molecular weight excluding hydrogens is 134 g/mol. The van der Waals surface area contributed by atoms with Crippen molar-refractivity contribution in [1.29, 1.82) is 0 Å². The molecule has 11 heavy (non-hydrogen) atoms. The van der Waals surface area contributed by atoms with E-state index in [4.69, 9.17) is 0 Å². The zero-order valence-corrected chi connectivity index (χ0v) is 7.71. The summed E-state index contributed by atoms with van der Waals surface area (Å²) in [6, 6.07) is 0.958. The van der Waals surface area contributed by atoms with Crippen molar-refractivity contribution < 1.29 is 0 Å². The van der Waals surface area contributed by atoms with E-state index in [0.29, 0.717) is 0 Å². The number of hydrogen-bond donors (Lipinski definition) is 0. The van der Waals surface area contributed by atoms with Crippen LogP contribution in [0.3, 0.4) is 0 Å². The van der Waals surface area contributed by atoms with Crippen LogP contribution in [0.2, 0.25) is 0 Å². The van der Waals surface area contributed by atoms with E-state index in [-0.39, 0.29) is 0 Å². The predicted molar refractivity (Wildman–Crippen MR) is 47.5 cm³/mol. The topological polar surface area (TPSA) is 3.24 Å². The molecule has 0 radical (unpaired) electrons. The minimum absolute atomic E-state index is 0.958. The van der Waals surface area contributed by atoms with Gasteiger partial charge in [0.05, 0.1) is 0 Å². The molecule has 0 aromatic carbocycles. The van der Waals surface area contributed by atoms with Gasteiger partial charge in [0, 0.05) is 6.04 Å². The molecule has 0 saturated carbocycles. The first-order valence-electron chi connectivity index (χ1n) is 5.07. The lowest BCUT2D eigenvalue weighted by Crippen LogP contribution is -2.29. The normalized spacial score (nSPS) is 44.7. The first-order valence-corrected chi connectivity index (χ1v) is 5.07. The Hall–Kier alpha value is -0.0400. The van der Waals surface area contributed by atoms with Crippen molar-refractivity contribution in [2.24, 2.45) is 11.8 Å². The van der Waals surface area contributed by atoms with Crippen molar-refractivity contribution in [1.82, 2.24) is 4.90 Å². The Bertz CT molecular complexity index is 144. The molecule has 3 atom stereocenters. The van der Waals surface area contributed by atoms with Gasteiger partial charge in [-0.05, 0) is 37.8 Å². The maximum Gasteiger partial charge on any atom is 0.0150 e. The molecule has 1 heteroatoms. The summed E-state index contributed by atoms with van der Waals surface area (Å²) in [7, 11) is 0. The van der Waals surface area contributed by atoms with Gasteiger partial charge in [-0.15, -0.1) is 0 Å². The molecule has 0 amide bonds. The highest BCUT2D eigenvalue weighted by Crippen LogP contribution is 2.37. The molecule has 0 aliphatic carbocycles. The molecule has 2 fully saturated rings. The Labute approximate surface area is 69.8 Å². The molecule has 2 aliphatic rings. The van der Waals surface area contributed by atoms with Gasteiger partial charge >= 0.3 is 0 Å². The van der Waals surface area contributed by atoms with Crippen molar-refractivity contribution >= 4 is 0 Å². The third-order valence-electron chi connectivity index (χ3n) is 3.67. The summed E-state index contributed by atoms with van der Waals surface area (Å²) in [6.45, 7) is 7.54. The highest BCUT2D eigenvalue weighted by Gasteiger charge is 2.40. The fourth-order valence-corrected chi connectivity index (χ4v) is 3.02. The van der Waals surface area contributed by atoms with Crippen molar-refractivity contribution in [2.45, 2.75) is 39.2 Å². The monoisotopic (exact) mass is 153 g/mol. The second-order valence-corrected chi connectivity index (χ2v) is 4.25. The number of nitrogens with zero attached hydrogens (tertiary/aromatic N) is 1. The summed E-state index contributed by atoms with van der Waals surface area (Å²) in [5, 5.41) is 0. The third kappa shape index (κ3) is 1.10. The summed E-state index contributed by atoms with van der Waals surface area (Å²) in [4.78, 5) is 2.71. The van der Waals surface area contributed by atoms with E-state index in [1.54, 1.807) is 0 Å². The first kappa shape index (κ1) is 7.60. The highest BCUT2D eigenvalue weighted by atomic mass is 15.2. The fourth-order valence-electron chi connectivity index (χ4n) is 3.02. The lowest BCUT2D eigenvalue weighted by atomic mass is 9.89. The second-order valence-electron chi connectivity index (χ2n) is 4.25. The van der Waals surface area contributed by atoms with E-state index in [1.807, 2.05) is 0 Å². The van der Waals surface area contributed by atoms with Crippen molar-refractivity contribution in [3.63, 3.8) is 0 Å². The van der Waals surface area contributed by atoms with Gasteiger partial charge in [0.15, 0.2) is 0 Å². The molecule has 1 nitrogen and oxygen atoms in total. The number of rotatable bonds is 1. The van der Waals surface area contributed by atoms with Gasteiger partial charge in [-0.2, -0.15) is 0 Å². The summed E-state index contributed by atoms with van der Waals surface area (Å²) in [5.74, 6) is 2.00. The molecule has 2 saturated heterocycles. The summed E-state index contributed by atoms with van der Waals surface area (Å²) >= 11 is 0. The van der Waals surface area contributed by atoms with Crippen LogP contribution in [0.1, 0.15) is 33.1 Å². The van der Waals surface area contributed by atoms with Crippen LogP contribution in [0, 0.1) is 11.8 Å². The van der Waals surface area contributed by atoms with E-state index >= 15 is 0 Å². The smallest absolute Gasteiger partial charge is 0.0150 e. The summed E-state index contributed by atoms with van der Waals surface area (Å²) < 4.78 is 0. The zero-order valence-electron chi connectivity index (χ0n) is 7.71. The van der Waals surface area contributed by atoms with Crippen LogP contribution in [0.5, 0.6) is 0 Å². The van der Waals surface area contributed by atoms with Crippen LogP contribution in [-0.4, -0.2) is 24.0 Å². The average Bonchev–Trinajstić information content (AvgIpc) is 2.54. The maximum absolute atomic E-state index is 2.71. The Balaban J connectivity index is 2.07. The predicted octanol–water partition coefficient (Wildman–Crippen LogP) is 2.13. The average molecular weight is 153 g/mol. The van der Waals surface area contributed by atoms with Crippen molar-refractivity contribution in [2.75, 3.05) is 13.1 Å². The van der Waals surface area contributed by atoms with Gasteiger partial charge in [-0.3, -0.25) is 4.90 Å². The lowest BCUT2D eigenvalue weighted by Gasteiger charge is -2.22. The van der Waals surface area contributed by atoms with Crippen LogP contribution < -0.4 is 0 Å². The molecule has 0 bridgehead atoms. The number of fused-ring (bicyclic) bond motifs is 1. The molecule has 2 rings (SSSR count). The summed E-state index contributed by atoms with van der Waals surface area (Å²) in [5.41, 5.74) is 0. The molecule has 0 aromatic heterocycles. The Morgan fingerprint density at radius 2 is 2.00 bits per heavy atom. The molecule has 3 unspecified atom stereocenters. The largest absolute Gasteiger partial charge is 0.300 e. The summed E-state index contributed by atoms with van der Waals surface area (Å²) in [6.07, 6.45) is 4.30. The Morgan fingerprint density at radius 1 is 1.27 bits per heavy atom.